The van der Waals surface area contributed by atoms with Crippen molar-refractivity contribution in [1.29, 1.82) is 0 Å². The second kappa shape index (κ2) is 3.89. The third kappa shape index (κ3) is 1.74. The van der Waals surface area contributed by atoms with Gasteiger partial charge in [-0.25, -0.2) is 0 Å². The van der Waals surface area contributed by atoms with Crippen LogP contribution >= 0.6 is 0 Å². The molecule has 16 heavy (non-hydrogen) atoms. The van der Waals surface area contributed by atoms with Gasteiger partial charge in [-0.05, 0) is 25.1 Å². The van der Waals surface area contributed by atoms with Gasteiger partial charge in [0.2, 0.25) is 0 Å². The first-order valence-corrected chi connectivity index (χ1v) is 5.06. The summed E-state index contributed by atoms with van der Waals surface area (Å²) >= 11 is 0. The maximum atomic E-state index is 5.76. The Morgan fingerprint density at radius 2 is 2.06 bits per heavy atom. The van der Waals surface area contributed by atoms with E-state index >= 15 is 0 Å². The van der Waals surface area contributed by atoms with Gasteiger partial charge in [-0.15, -0.1) is 0 Å². The highest BCUT2D eigenvalue weighted by Gasteiger charge is 2.07. The molecule has 0 aliphatic heterocycles. The molecule has 0 saturated heterocycles. The minimum atomic E-state index is 0.638. The van der Waals surface area contributed by atoms with Crippen LogP contribution in [0.4, 0.5) is 5.69 Å². The Morgan fingerprint density at radius 3 is 2.62 bits per heavy atom. The number of rotatable bonds is 2. The molecule has 2 aromatic rings. The molecule has 4 heteroatoms. The minimum Gasteiger partial charge on any atom is -0.495 e. The van der Waals surface area contributed by atoms with Crippen molar-refractivity contribution in [2.75, 3.05) is 12.8 Å². The normalized spacial score (nSPS) is 10.4. The molecule has 1 aromatic heterocycles. The van der Waals surface area contributed by atoms with Crippen molar-refractivity contribution in [3.05, 3.63) is 30.0 Å². The molecule has 1 aromatic carbocycles. The zero-order valence-corrected chi connectivity index (χ0v) is 9.69. The van der Waals surface area contributed by atoms with Crippen LogP contribution in [0.25, 0.3) is 11.3 Å². The van der Waals surface area contributed by atoms with Gasteiger partial charge in [-0.1, -0.05) is 6.07 Å². The lowest BCUT2D eigenvalue weighted by atomic mass is 10.1. The van der Waals surface area contributed by atoms with Crippen LogP contribution in [-0.4, -0.2) is 16.9 Å². The van der Waals surface area contributed by atoms with E-state index in [0.29, 0.717) is 11.4 Å². The number of benzene rings is 1. The fourth-order valence-corrected chi connectivity index (χ4v) is 1.57. The molecule has 4 nitrogen and oxygen atoms in total. The molecular weight excluding hydrogens is 202 g/mol. The topological polar surface area (TPSA) is 53.1 Å². The number of hydrogen-bond acceptors (Lipinski definition) is 3. The Bertz CT molecular complexity index is 497. The van der Waals surface area contributed by atoms with Crippen LogP contribution in [0.2, 0.25) is 0 Å². The number of aryl methyl sites for hydroxylation is 2. The molecule has 84 valence electrons. The average Bonchev–Trinajstić information content (AvgIpc) is 2.60. The van der Waals surface area contributed by atoms with Crippen molar-refractivity contribution >= 4 is 5.69 Å². The summed E-state index contributed by atoms with van der Waals surface area (Å²) in [7, 11) is 3.53. The van der Waals surface area contributed by atoms with Gasteiger partial charge >= 0.3 is 0 Å². The zero-order valence-electron chi connectivity index (χ0n) is 9.69. The fourth-order valence-electron chi connectivity index (χ4n) is 1.57. The smallest absolute Gasteiger partial charge is 0.142 e. The molecule has 0 atom stereocenters. The van der Waals surface area contributed by atoms with E-state index < -0.39 is 0 Å². The van der Waals surface area contributed by atoms with Crippen LogP contribution in [0.3, 0.4) is 0 Å². The zero-order chi connectivity index (χ0) is 11.7. The standard InChI is InChI=1S/C12H15N3O/c1-8-6-11(14-15(8)2)9-4-5-10(13)12(7-9)16-3/h4-7H,13H2,1-3H3. The van der Waals surface area contributed by atoms with Gasteiger partial charge in [0.15, 0.2) is 0 Å². The molecule has 2 N–H and O–H groups in total. The van der Waals surface area contributed by atoms with Crippen LogP contribution in [0.5, 0.6) is 5.75 Å². The fraction of sp³-hybridized carbons (Fsp3) is 0.250. The van der Waals surface area contributed by atoms with E-state index in [4.69, 9.17) is 10.5 Å². The van der Waals surface area contributed by atoms with E-state index in [1.807, 2.05) is 42.9 Å². The molecule has 1 heterocycles. The van der Waals surface area contributed by atoms with E-state index in [2.05, 4.69) is 5.10 Å². The predicted molar refractivity (Wildman–Crippen MR) is 64.3 cm³/mol. The van der Waals surface area contributed by atoms with E-state index in [9.17, 15) is 0 Å². The highest BCUT2D eigenvalue weighted by atomic mass is 16.5. The first kappa shape index (κ1) is 10.5. The third-order valence-electron chi connectivity index (χ3n) is 2.64. The maximum Gasteiger partial charge on any atom is 0.142 e. The second-order valence-corrected chi connectivity index (χ2v) is 3.75. The first-order chi connectivity index (χ1) is 7.61. The minimum absolute atomic E-state index is 0.638. The summed E-state index contributed by atoms with van der Waals surface area (Å²) in [4.78, 5) is 0. The molecule has 0 radical (unpaired) electrons. The molecule has 0 saturated carbocycles. The quantitative estimate of drug-likeness (QED) is 0.783. The van der Waals surface area contributed by atoms with Gasteiger partial charge in [0, 0.05) is 18.3 Å². The van der Waals surface area contributed by atoms with E-state index in [-0.39, 0.29) is 0 Å². The number of ether oxygens (including phenoxy) is 1. The maximum absolute atomic E-state index is 5.76. The van der Waals surface area contributed by atoms with Gasteiger partial charge in [0.1, 0.15) is 5.75 Å². The largest absolute Gasteiger partial charge is 0.495 e. The molecule has 0 amide bonds. The van der Waals surface area contributed by atoms with Crippen LogP contribution in [0.15, 0.2) is 24.3 Å². The Hall–Kier alpha value is -1.97. The summed E-state index contributed by atoms with van der Waals surface area (Å²) in [5.41, 5.74) is 9.45. The number of nitrogens with two attached hydrogens (primary N) is 1. The molecule has 0 aliphatic rings. The highest BCUT2D eigenvalue weighted by Crippen LogP contribution is 2.28. The summed E-state index contributed by atoms with van der Waals surface area (Å²) < 4.78 is 7.03. The molecule has 0 aliphatic carbocycles. The Morgan fingerprint density at radius 1 is 1.31 bits per heavy atom. The van der Waals surface area contributed by atoms with Gasteiger partial charge in [0.05, 0.1) is 18.5 Å². The summed E-state index contributed by atoms with van der Waals surface area (Å²) in [5.74, 6) is 0.681. The number of hydrogen-bond donors (Lipinski definition) is 1. The lowest BCUT2D eigenvalue weighted by molar-refractivity contribution is 0.417. The van der Waals surface area contributed by atoms with Crippen LogP contribution in [-0.2, 0) is 7.05 Å². The first-order valence-electron chi connectivity index (χ1n) is 5.06. The van der Waals surface area contributed by atoms with Crippen LogP contribution in [0.1, 0.15) is 5.69 Å². The number of anilines is 1. The predicted octanol–water partition coefficient (Wildman–Crippen LogP) is 1.99. The number of aromatic nitrogens is 2. The van der Waals surface area contributed by atoms with Crippen molar-refractivity contribution in [1.82, 2.24) is 9.78 Å². The molecule has 0 spiro atoms. The number of methoxy groups -OCH3 is 1. The van der Waals surface area contributed by atoms with Crippen LogP contribution in [0, 0.1) is 6.92 Å². The molecule has 0 fully saturated rings. The Labute approximate surface area is 94.6 Å². The summed E-state index contributed by atoms with van der Waals surface area (Å²) in [6.45, 7) is 2.02. The molecule has 0 bridgehead atoms. The summed E-state index contributed by atoms with van der Waals surface area (Å²) in [6, 6.07) is 7.71. The summed E-state index contributed by atoms with van der Waals surface area (Å²) in [6.07, 6.45) is 0. The lowest BCUT2D eigenvalue weighted by Crippen LogP contribution is -1.94. The molecule has 0 unspecified atom stereocenters. The SMILES string of the molecule is COc1cc(-c2cc(C)n(C)n2)ccc1N. The van der Waals surface area contributed by atoms with E-state index in [0.717, 1.165) is 17.0 Å². The third-order valence-corrected chi connectivity index (χ3v) is 2.64. The van der Waals surface area contributed by atoms with Crippen LogP contribution < -0.4 is 10.5 Å². The molecular formula is C12H15N3O. The average molecular weight is 217 g/mol. The lowest BCUT2D eigenvalue weighted by Gasteiger charge is -2.05. The van der Waals surface area contributed by atoms with Crippen molar-refractivity contribution in [3.8, 4) is 17.0 Å². The van der Waals surface area contributed by atoms with E-state index in [1.54, 1.807) is 7.11 Å². The number of nitrogen functional groups attached to an aromatic ring is 1. The highest BCUT2D eigenvalue weighted by molar-refractivity contribution is 5.67. The van der Waals surface area contributed by atoms with Crippen molar-refractivity contribution < 1.29 is 4.74 Å². The van der Waals surface area contributed by atoms with Gasteiger partial charge in [-0.2, -0.15) is 5.10 Å². The second-order valence-electron chi connectivity index (χ2n) is 3.75. The summed E-state index contributed by atoms with van der Waals surface area (Å²) in [5, 5.41) is 4.41. The number of nitrogens with zero attached hydrogens (tertiary/aromatic N) is 2. The van der Waals surface area contributed by atoms with Gasteiger partial charge in [-0.3, -0.25) is 4.68 Å². The van der Waals surface area contributed by atoms with Gasteiger partial charge in [0.25, 0.3) is 0 Å². The van der Waals surface area contributed by atoms with E-state index in [1.165, 1.54) is 0 Å². The molecule has 2 rings (SSSR count). The van der Waals surface area contributed by atoms with Gasteiger partial charge < -0.3 is 10.5 Å². The van der Waals surface area contributed by atoms with Crippen molar-refractivity contribution in [2.24, 2.45) is 7.05 Å². The van der Waals surface area contributed by atoms with Crippen molar-refractivity contribution in [2.45, 2.75) is 6.92 Å². The monoisotopic (exact) mass is 217 g/mol. The Balaban J connectivity index is 2.48. The Kier molecular flexibility index (Phi) is 2.56. The van der Waals surface area contributed by atoms with Crippen molar-refractivity contribution in [3.63, 3.8) is 0 Å².